The van der Waals surface area contributed by atoms with Crippen molar-refractivity contribution in [2.75, 3.05) is 31.1 Å². The number of nitrogens with zero attached hydrogens (tertiary/aromatic N) is 4. The Hall–Kier alpha value is -2.38. The quantitative estimate of drug-likeness (QED) is 0.856. The number of carbonyl (C=O) groups is 1. The average Bonchev–Trinajstić information content (AvgIpc) is 2.69. The molecule has 144 valence electrons. The van der Waals surface area contributed by atoms with E-state index in [-0.39, 0.29) is 22.4 Å². The van der Waals surface area contributed by atoms with Gasteiger partial charge in [0.25, 0.3) is 5.56 Å². The zero-order valence-electron chi connectivity index (χ0n) is 15.5. The second-order valence-corrected chi connectivity index (χ2v) is 7.36. The van der Waals surface area contributed by atoms with E-state index in [1.54, 1.807) is 23.2 Å². The van der Waals surface area contributed by atoms with Crippen LogP contribution in [0.15, 0.2) is 41.3 Å². The molecular formula is C19H24ClN5O2. The number of piperazine rings is 1. The van der Waals surface area contributed by atoms with Gasteiger partial charge in [0.15, 0.2) is 0 Å². The van der Waals surface area contributed by atoms with E-state index >= 15 is 0 Å². The van der Waals surface area contributed by atoms with E-state index in [1.807, 2.05) is 36.9 Å². The topological polar surface area (TPSA) is 84.5 Å². The summed E-state index contributed by atoms with van der Waals surface area (Å²) in [6, 6.07) is 8.65. The van der Waals surface area contributed by atoms with Crippen LogP contribution in [0.25, 0.3) is 5.69 Å². The van der Waals surface area contributed by atoms with Crippen LogP contribution in [0.3, 0.4) is 0 Å². The number of hydrogen-bond acceptors (Lipinski definition) is 5. The zero-order valence-corrected chi connectivity index (χ0v) is 16.3. The lowest BCUT2D eigenvalue weighted by atomic mass is 10.0. The third kappa shape index (κ3) is 3.99. The molecule has 2 aromatic rings. The average molecular weight is 390 g/mol. The molecule has 2 heterocycles. The van der Waals surface area contributed by atoms with Gasteiger partial charge in [-0.25, -0.2) is 0 Å². The van der Waals surface area contributed by atoms with Gasteiger partial charge >= 0.3 is 0 Å². The first kappa shape index (κ1) is 19.4. The van der Waals surface area contributed by atoms with Crippen LogP contribution in [0, 0.1) is 5.92 Å². The van der Waals surface area contributed by atoms with Crippen molar-refractivity contribution in [1.29, 1.82) is 0 Å². The van der Waals surface area contributed by atoms with Gasteiger partial charge in [0, 0.05) is 26.2 Å². The summed E-state index contributed by atoms with van der Waals surface area (Å²) < 4.78 is 1.28. The summed E-state index contributed by atoms with van der Waals surface area (Å²) in [4.78, 5) is 28.8. The molecule has 1 fully saturated rings. The third-order valence-corrected chi connectivity index (χ3v) is 5.19. The summed E-state index contributed by atoms with van der Waals surface area (Å²) >= 11 is 6.36. The van der Waals surface area contributed by atoms with E-state index in [4.69, 9.17) is 17.3 Å². The number of carbonyl (C=O) groups excluding carboxylic acids is 1. The molecule has 0 bridgehead atoms. The van der Waals surface area contributed by atoms with Crippen molar-refractivity contribution in [2.45, 2.75) is 19.9 Å². The molecule has 1 aromatic heterocycles. The molecule has 1 atom stereocenters. The maximum atomic E-state index is 12.6. The summed E-state index contributed by atoms with van der Waals surface area (Å²) in [7, 11) is 0. The lowest BCUT2D eigenvalue weighted by molar-refractivity contribution is -0.133. The van der Waals surface area contributed by atoms with Crippen molar-refractivity contribution in [1.82, 2.24) is 14.7 Å². The number of anilines is 1. The van der Waals surface area contributed by atoms with Crippen molar-refractivity contribution < 1.29 is 4.79 Å². The first-order chi connectivity index (χ1) is 12.9. The van der Waals surface area contributed by atoms with E-state index in [1.165, 1.54) is 4.68 Å². The Morgan fingerprint density at radius 3 is 2.37 bits per heavy atom. The molecule has 0 saturated carbocycles. The van der Waals surface area contributed by atoms with Crippen LogP contribution in [0.4, 0.5) is 5.69 Å². The summed E-state index contributed by atoms with van der Waals surface area (Å²) in [6.07, 6.45) is 1.61. The monoisotopic (exact) mass is 389 g/mol. The van der Waals surface area contributed by atoms with Crippen LogP contribution in [0.5, 0.6) is 0 Å². The van der Waals surface area contributed by atoms with E-state index in [2.05, 4.69) is 5.10 Å². The molecule has 0 spiro atoms. The summed E-state index contributed by atoms with van der Waals surface area (Å²) in [6.45, 7) is 6.10. The Labute approximate surface area is 163 Å². The molecule has 7 nitrogen and oxygen atoms in total. The Balaban J connectivity index is 1.75. The lowest BCUT2D eigenvalue weighted by Crippen LogP contribution is -2.54. The van der Waals surface area contributed by atoms with Crippen molar-refractivity contribution >= 4 is 23.2 Å². The molecule has 1 aliphatic rings. The van der Waals surface area contributed by atoms with Crippen LogP contribution < -0.4 is 16.2 Å². The second-order valence-electron chi connectivity index (χ2n) is 6.98. The van der Waals surface area contributed by atoms with Crippen molar-refractivity contribution in [3.63, 3.8) is 0 Å². The van der Waals surface area contributed by atoms with E-state index in [9.17, 15) is 9.59 Å². The minimum absolute atomic E-state index is 0.0339. The molecule has 0 radical (unpaired) electrons. The fourth-order valence-electron chi connectivity index (χ4n) is 3.06. The van der Waals surface area contributed by atoms with Crippen LogP contribution in [-0.4, -0.2) is 52.8 Å². The first-order valence-corrected chi connectivity index (χ1v) is 9.40. The Kier molecular flexibility index (Phi) is 5.82. The second kappa shape index (κ2) is 8.10. The summed E-state index contributed by atoms with van der Waals surface area (Å²) in [5, 5.41) is 4.40. The number of amides is 1. The lowest BCUT2D eigenvalue weighted by Gasteiger charge is -2.37. The summed E-state index contributed by atoms with van der Waals surface area (Å²) in [5.41, 5.74) is 6.86. The smallest absolute Gasteiger partial charge is 0.292 e. The van der Waals surface area contributed by atoms with E-state index in [0.717, 1.165) is 0 Å². The minimum Gasteiger partial charge on any atom is -0.365 e. The number of nitrogens with two attached hydrogens (primary N) is 1. The fourth-order valence-corrected chi connectivity index (χ4v) is 3.31. The van der Waals surface area contributed by atoms with Crippen LogP contribution in [0.2, 0.25) is 5.02 Å². The molecule has 2 N–H and O–H groups in total. The number of hydrogen-bond donors (Lipinski definition) is 1. The first-order valence-electron chi connectivity index (χ1n) is 9.02. The normalized spacial score (nSPS) is 15.9. The standard InChI is InChI=1S/C19H24ClN5O2/c1-13(2)17(21)19(27)24-10-8-23(9-11-24)15-12-22-25(18(26)16(15)20)14-6-4-3-5-7-14/h3-7,12-13,17H,8-11,21H2,1-2H3/t17-/m0/s1. The van der Waals surface area contributed by atoms with Crippen molar-refractivity contribution in [3.05, 3.63) is 51.9 Å². The SMILES string of the molecule is CC(C)[C@H](N)C(=O)N1CCN(c2cnn(-c3ccccc3)c(=O)c2Cl)CC1. The van der Waals surface area contributed by atoms with Crippen LogP contribution in [-0.2, 0) is 4.79 Å². The number of halogens is 1. The predicted molar refractivity (Wildman–Crippen MR) is 106 cm³/mol. The van der Waals surface area contributed by atoms with Gasteiger partial charge < -0.3 is 15.5 Å². The van der Waals surface area contributed by atoms with Crippen molar-refractivity contribution in [3.8, 4) is 5.69 Å². The molecule has 1 saturated heterocycles. The predicted octanol–water partition coefficient (Wildman–Crippen LogP) is 1.52. The molecule has 8 heteroatoms. The maximum absolute atomic E-state index is 12.6. The van der Waals surface area contributed by atoms with Gasteiger partial charge in [-0.2, -0.15) is 9.78 Å². The van der Waals surface area contributed by atoms with Gasteiger partial charge in [0.1, 0.15) is 5.02 Å². The number of para-hydroxylation sites is 1. The number of rotatable bonds is 4. The third-order valence-electron chi connectivity index (χ3n) is 4.84. The molecule has 3 rings (SSSR count). The Bertz CT molecular complexity index is 860. The van der Waals surface area contributed by atoms with Gasteiger partial charge in [0.05, 0.1) is 23.6 Å². The maximum Gasteiger partial charge on any atom is 0.292 e. The molecule has 1 aromatic carbocycles. The van der Waals surface area contributed by atoms with Gasteiger partial charge in [-0.15, -0.1) is 0 Å². The van der Waals surface area contributed by atoms with Gasteiger partial charge in [-0.05, 0) is 18.1 Å². The minimum atomic E-state index is -0.489. The Morgan fingerprint density at radius 1 is 1.15 bits per heavy atom. The van der Waals surface area contributed by atoms with Gasteiger partial charge in [-0.1, -0.05) is 43.6 Å². The van der Waals surface area contributed by atoms with Crippen LogP contribution >= 0.6 is 11.6 Å². The summed E-state index contributed by atoms with van der Waals surface area (Å²) in [5.74, 6) is 0.0631. The van der Waals surface area contributed by atoms with Crippen LogP contribution in [0.1, 0.15) is 13.8 Å². The van der Waals surface area contributed by atoms with E-state index < -0.39 is 6.04 Å². The molecule has 1 aliphatic heterocycles. The zero-order chi connectivity index (χ0) is 19.6. The molecule has 0 unspecified atom stereocenters. The highest BCUT2D eigenvalue weighted by Gasteiger charge is 2.28. The Morgan fingerprint density at radius 2 is 1.78 bits per heavy atom. The van der Waals surface area contributed by atoms with E-state index in [0.29, 0.717) is 37.6 Å². The fraction of sp³-hybridized carbons (Fsp3) is 0.421. The molecule has 0 aliphatic carbocycles. The van der Waals surface area contributed by atoms with Gasteiger partial charge in [-0.3, -0.25) is 9.59 Å². The molecular weight excluding hydrogens is 366 g/mol. The van der Waals surface area contributed by atoms with Gasteiger partial charge in [0.2, 0.25) is 5.91 Å². The number of aromatic nitrogens is 2. The molecule has 27 heavy (non-hydrogen) atoms. The van der Waals surface area contributed by atoms with Crippen molar-refractivity contribution in [2.24, 2.45) is 11.7 Å². The highest BCUT2D eigenvalue weighted by atomic mass is 35.5. The number of benzene rings is 1. The highest BCUT2D eigenvalue weighted by Crippen LogP contribution is 2.23. The molecule has 1 amide bonds. The largest absolute Gasteiger partial charge is 0.365 e. The highest BCUT2D eigenvalue weighted by molar-refractivity contribution is 6.33.